The number of benzene rings is 2. The Labute approximate surface area is 304 Å². The van der Waals surface area contributed by atoms with Crippen LogP contribution in [0.1, 0.15) is 78.4 Å². The van der Waals surface area contributed by atoms with Crippen molar-refractivity contribution in [2.24, 2.45) is 0 Å². The van der Waals surface area contributed by atoms with Gasteiger partial charge in [-0.15, -0.1) is 0 Å². The zero-order chi connectivity index (χ0) is 38.2. The number of nitrogens with zero attached hydrogens (tertiary/aromatic N) is 4. The van der Waals surface area contributed by atoms with Gasteiger partial charge in [0.15, 0.2) is 0 Å². The van der Waals surface area contributed by atoms with E-state index in [1.54, 1.807) is 41.5 Å². The van der Waals surface area contributed by atoms with Crippen LogP contribution in [0.4, 0.5) is 30.6 Å². The number of rotatable bonds is 2. The third-order valence-corrected chi connectivity index (χ3v) is 9.52. The van der Waals surface area contributed by atoms with E-state index in [-0.39, 0.29) is 24.8 Å². The van der Waals surface area contributed by atoms with E-state index in [0.717, 1.165) is 29.2 Å². The molecular formula is C38H50N6O8. The summed E-state index contributed by atoms with van der Waals surface area (Å²) >= 11 is 0. The van der Waals surface area contributed by atoms with Gasteiger partial charge in [0, 0.05) is 37.6 Å². The van der Waals surface area contributed by atoms with Crippen molar-refractivity contribution in [3.63, 3.8) is 0 Å². The predicted molar refractivity (Wildman–Crippen MR) is 194 cm³/mol. The lowest BCUT2D eigenvalue weighted by Gasteiger charge is -2.42. The Balaban J connectivity index is 0.000000231. The van der Waals surface area contributed by atoms with Crippen molar-refractivity contribution in [3.8, 4) is 0 Å². The molecule has 0 radical (unpaired) electrons. The van der Waals surface area contributed by atoms with E-state index < -0.39 is 46.4 Å². The monoisotopic (exact) mass is 718 g/mol. The molecular weight excluding hydrogens is 668 g/mol. The molecule has 2 spiro atoms. The normalized spacial score (nSPS) is 19.7. The van der Waals surface area contributed by atoms with Crippen LogP contribution in [-0.4, -0.2) is 94.3 Å². The number of piperidine rings is 2. The molecule has 4 saturated heterocycles. The third kappa shape index (κ3) is 8.00. The van der Waals surface area contributed by atoms with Gasteiger partial charge in [-0.1, -0.05) is 24.3 Å². The molecule has 2 aromatic carbocycles. The third-order valence-electron chi connectivity index (χ3n) is 9.52. The maximum atomic E-state index is 13.5. The van der Waals surface area contributed by atoms with Gasteiger partial charge in [-0.2, -0.15) is 4.90 Å². The van der Waals surface area contributed by atoms with Gasteiger partial charge in [0.05, 0.1) is 0 Å². The SMILES string of the molecule is Cc1cccc(N2CCC3(CC2)C(=O)N(C(=O)OC(C)(C)C)C(=O)N3C(=O)OC(C)(C)C)c1.Cc1cccc(N2CCC3(CC2)NC(=O)NC3=O)c1. The minimum Gasteiger partial charge on any atom is -0.443 e. The summed E-state index contributed by atoms with van der Waals surface area (Å²) in [6.45, 7) is 16.4. The highest BCUT2D eigenvalue weighted by Gasteiger charge is 2.64. The second kappa shape index (κ2) is 14.1. The summed E-state index contributed by atoms with van der Waals surface area (Å²) in [5, 5.41) is 5.11. The largest absolute Gasteiger partial charge is 0.443 e. The fraction of sp³-hybridized carbons (Fsp3) is 0.526. The number of hydrogen-bond acceptors (Lipinski definition) is 10. The van der Waals surface area contributed by atoms with E-state index in [1.165, 1.54) is 11.3 Å². The van der Waals surface area contributed by atoms with Crippen molar-refractivity contribution < 1.29 is 38.2 Å². The molecule has 0 atom stereocenters. The van der Waals surface area contributed by atoms with Gasteiger partial charge >= 0.3 is 24.2 Å². The molecule has 4 heterocycles. The molecule has 0 saturated carbocycles. The zero-order valence-electron chi connectivity index (χ0n) is 31.3. The lowest BCUT2D eigenvalue weighted by molar-refractivity contribution is -0.133. The molecule has 0 bridgehead atoms. The van der Waals surface area contributed by atoms with Gasteiger partial charge in [-0.3, -0.25) is 14.9 Å². The lowest BCUT2D eigenvalue weighted by Crippen LogP contribution is -2.59. The Kier molecular flexibility index (Phi) is 10.3. The standard InChI is InChI=1S/C24H33N3O6.C14H17N3O2/c1-16-9-8-10-17(15-16)25-13-11-24(12-14-25)18(28)26(20(30)32-22(2,3)4)19(29)27(24)21(31)33-23(5,6)7;1-10-3-2-4-11(9-10)17-7-5-14(6-8-17)12(18)15-13(19)16-14/h8-10,15H,11-14H2,1-7H3;2-4,9H,5-8H2,1H3,(H2,15,16,18,19). The van der Waals surface area contributed by atoms with Gasteiger partial charge < -0.3 is 24.6 Å². The first-order valence-corrected chi connectivity index (χ1v) is 17.7. The van der Waals surface area contributed by atoms with Crippen molar-refractivity contribution in [2.45, 2.75) is 103 Å². The van der Waals surface area contributed by atoms with E-state index in [2.05, 4.69) is 45.6 Å². The Morgan fingerprint density at radius 2 is 1.15 bits per heavy atom. The molecule has 52 heavy (non-hydrogen) atoms. The minimum absolute atomic E-state index is 0.171. The van der Waals surface area contributed by atoms with Crippen LogP contribution >= 0.6 is 0 Å². The summed E-state index contributed by atoms with van der Waals surface area (Å²) in [6, 6.07) is 14.9. The number of carbonyl (C=O) groups is 6. The first kappa shape index (κ1) is 38.1. The van der Waals surface area contributed by atoms with Crippen LogP contribution in [0.2, 0.25) is 0 Å². The maximum absolute atomic E-state index is 13.5. The van der Waals surface area contributed by atoms with Crippen LogP contribution in [0.3, 0.4) is 0 Å². The molecule has 2 aromatic rings. The number of urea groups is 2. The predicted octanol–water partition coefficient (Wildman–Crippen LogP) is 5.64. The van der Waals surface area contributed by atoms with Crippen molar-refractivity contribution in [2.75, 3.05) is 36.0 Å². The van der Waals surface area contributed by atoms with Gasteiger partial charge in [-0.25, -0.2) is 24.1 Å². The van der Waals surface area contributed by atoms with Crippen LogP contribution in [-0.2, 0) is 19.1 Å². The van der Waals surface area contributed by atoms with Gasteiger partial charge in [-0.05, 0) is 116 Å². The molecule has 6 rings (SSSR count). The number of anilines is 2. The number of ether oxygens (including phenoxy) is 2. The number of imide groups is 5. The van der Waals surface area contributed by atoms with E-state index in [0.29, 0.717) is 30.8 Å². The summed E-state index contributed by atoms with van der Waals surface area (Å²) in [5.41, 5.74) is 0.515. The average molecular weight is 719 g/mol. The molecule has 2 N–H and O–H groups in total. The maximum Gasteiger partial charge on any atom is 0.425 e. The molecule has 0 unspecified atom stereocenters. The van der Waals surface area contributed by atoms with E-state index in [4.69, 9.17) is 9.47 Å². The summed E-state index contributed by atoms with van der Waals surface area (Å²) in [6.07, 6.45) is -0.398. The number of amides is 8. The van der Waals surface area contributed by atoms with Crippen LogP contribution in [0, 0.1) is 13.8 Å². The highest BCUT2D eigenvalue weighted by Crippen LogP contribution is 2.40. The number of carbonyl (C=O) groups excluding carboxylic acids is 6. The van der Waals surface area contributed by atoms with E-state index >= 15 is 0 Å². The molecule has 14 nitrogen and oxygen atoms in total. The first-order chi connectivity index (χ1) is 24.2. The van der Waals surface area contributed by atoms with Crippen LogP contribution in [0.5, 0.6) is 0 Å². The summed E-state index contributed by atoms with van der Waals surface area (Å²) in [5.74, 6) is -0.933. The van der Waals surface area contributed by atoms with Gasteiger partial charge in [0.2, 0.25) is 0 Å². The molecule has 4 aliphatic heterocycles. The molecule has 4 aliphatic rings. The van der Waals surface area contributed by atoms with Crippen LogP contribution in [0.15, 0.2) is 48.5 Å². The minimum atomic E-state index is -1.50. The Bertz CT molecular complexity index is 1750. The summed E-state index contributed by atoms with van der Waals surface area (Å²) in [4.78, 5) is 81.4. The topological polar surface area (TPSA) is 158 Å². The lowest BCUT2D eigenvalue weighted by atomic mass is 9.85. The second-order valence-corrected chi connectivity index (χ2v) is 15.9. The van der Waals surface area contributed by atoms with Gasteiger partial charge in [0.1, 0.15) is 22.3 Å². The Morgan fingerprint density at radius 3 is 1.58 bits per heavy atom. The van der Waals surface area contributed by atoms with E-state index in [1.807, 2.05) is 37.3 Å². The molecule has 14 heteroatoms. The van der Waals surface area contributed by atoms with Crippen molar-refractivity contribution in [3.05, 3.63) is 59.7 Å². The fourth-order valence-electron chi connectivity index (χ4n) is 6.95. The number of nitrogens with one attached hydrogen (secondary N) is 2. The molecule has 4 fully saturated rings. The number of hydrogen-bond donors (Lipinski definition) is 2. The van der Waals surface area contributed by atoms with Crippen LogP contribution in [0.25, 0.3) is 0 Å². The zero-order valence-corrected chi connectivity index (χ0v) is 31.3. The highest BCUT2D eigenvalue weighted by molar-refractivity contribution is 6.21. The molecule has 0 aromatic heterocycles. The van der Waals surface area contributed by atoms with Gasteiger partial charge in [0.25, 0.3) is 11.8 Å². The molecule has 0 aliphatic carbocycles. The van der Waals surface area contributed by atoms with E-state index in [9.17, 15) is 28.8 Å². The quantitative estimate of drug-likeness (QED) is 0.373. The van der Waals surface area contributed by atoms with Crippen LogP contribution < -0.4 is 20.4 Å². The van der Waals surface area contributed by atoms with Crippen molar-refractivity contribution in [1.82, 2.24) is 20.4 Å². The second-order valence-electron chi connectivity index (χ2n) is 15.9. The Morgan fingerprint density at radius 1 is 0.692 bits per heavy atom. The highest BCUT2D eigenvalue weighted by atomic mass is 16.6. The molecule has 280 valence electrons. The first-order valence-electron chi connectivity index (χ1n) is 17.7. The van der Waals surface area contributed by atoms with Crippen molar-refractivity contribution in [1.29, 1.82) is 0 Å². The van der Waals surface area contributed by atoms with Crippen molar-refractivity contribution >= 4 is 47.4 Å². The summed E-state index contributed by atoms with van der Waals surface area (Å²) in [7, 11) is 0. The Hall–Kier alpha value is -5.14. The smallest absolute Gasteiger partial charge is 0.425 e. The summed E-state index contributed by atoms with van der Waals surface area (Å²) < 4.78 is 10.7. The number of aryl methyl sites for hydroxylation is 2. The molecule has 8 amide bonds. The fourth-order valence-corrected chi connectivity index (χ4v) is 6.95. The average Bonchev–Trinajstić information content (AvgIpc) is 3.43.